The summed E-state index contributed by atoms with van der Waals surface area (Å²) in [6.45, 7) is 0. The van der Waals surface area contributed by atoms with Gasteiger partial charge in [-0.25, -0.2) is 14.3 Å². The summed E-state index contributed by atoms with van der Waals surface area (Å²) in [5, 5.41) is 14.9. The number of aromatic amines is 1. The van der Waals surface area contributed by atoms with Crippen LogP contribution in [0.3, 0.4) is 0 Å². The minimum atomic E-state index is -0.351. The molecule has 0 aliphatic carbocycles. The molecule has 0 atom stereocenters. The number of hydrogen-bond donors (Lipinski definition) is 2. The van der Waals surface area contributed by atoms with Gasteiger partial charge in [-0.1, -0.05) is 0 Å². The van der Waals surface area contributed by atoms with Crippen molar-refractivity contribution >= 4 is 5.65 Å². The molecule has 2 heterocycles. The van der Waals surface area contributed by atoms with Crippen molar-refractivity contribution < 1.29 is 5.11 Å². The smallest absolute Gasteiger partial charge is 0.347 e. The fourth-order valence-electron chi connectivity index (χ4n) is 0.894. The average Bonchev–Trinajstić information content (AvgIpc) is 2.33. The number of fused-ring (bicyclic) bond motifs is 1. The second kappa shape index (κ2) is 1.85. The third-order valence-electron chi connectivity index (χ3n) is 1.40. The van der Waals surface area contributed by atoms with Gasteiger partial charge in [0.25, 0.3) is 0 Å². The molecule has 11 heavy (non-hydrogen) atoms. The molecule has 0 spiro atoms. The number of H-pyrrole nitrogens is 1. The summed E-state index contributed by atoms with van der Waals surface area (Å²) in [5.74, 6) is 0.0426. The minimum absolute atomic E-state index is 0.0426. The molecule has 2 N–H and O–H groups in total. The van der Waals surface area contributed by atoms with Crippen molar-refractivity contribution in [1.29, 1.82) is 0 Å². The predicted octanol–water partition coefficient (Wildman–Crippen LogP) is -0.272. The molecule has 2 aromatic heterocycles. The Morgan fingerprint density at radius 1 is 1.55 bits per heavy atom. The number of nitrogens with one attached hydrogen (secondary N) is 1. The first kappa shape index (κ1) is 5.96. The average molecular weight is 151 g/mol. The van der Waals surface area contributed by atoms with E-state index in [4.69, 9.17) is 5.11 Å². The highest BCUT2D eigenvalue weighted by atomic mass is 16.3. The number of rotatable bonds is 0. The number of hydrogen-bond acceptors (Lipinski definition) is 3. The summed E-state index contributed by atoms with van der Waals surface area (Å²) in [7, 11) is 0. The van der Waals surface area contributed by atoms with Crippen LogP contribution in [0.4, 0.5) is 0 Å². The van der Waals surface area contributed by atoms with Crippen molar-refractivity contribution in [2.24, 2.45) is 0 Å². The van der Waals surface area contributed by atoms with Gasteiger partial charge >= 0.3 is 5.69 Å². The maximum atomic E-state index is 10.9. The molecule has 0 bridgehead atoms. The van der Waals surface area contributed by atoms with Crippen LogP contribution in [0.1, 0.15) is 0 Å². The summed E-state index contributed by atoms with van der Waals surface area (Å²) in [6.07, 6.45) is 1.31. The molecular formula is C6H5N3O2. The predicted molar refractivity (Wildman–Crippen MR) is 37.5 cm³/mol. The molecule has 0 saturated heterocycles. The fourth-order valence-corrected chi connectivity index (χ4v) is 0.894. The molecule has 0 aromatic carbocycles. The van der Waals surface area contributed by atoms with Crippen LogP contribution in [0.2, 0.25) is 0 Å². The van der Waals surface area contributed by atoms with Crippen molar-refractivity contribution in [3.63, 3.8) is 0 Å². The third kappa shape index (κ3) is 0.778. The lowest BCUT2D eigenvalue weighted by Gasteiger charge is -1.90. The zero-order chi connectivity index (χ0) is 7.84. The van der Waals surface area contributed by atoms with Gasteiger partial charge in [-0.15, -0.1) is 0 Å². The summed E-state index contributed by atoms with van der Waals surface area (Å²) >= 11 is 0. The molecule has 5 nitrogen and oxygen atoms in total. The lowest BCUT2D eigenvalue weighted by molar-refractivity contribution is 0.471. The van der Waals surface area contributed by atoms with Gasteiger partial charge in [0.1, 0.15) is 5.75 Å². The minimum Gasteiger partial charge on any atom is -0.506 e. The molecular weight excluding hydrogens is 146 g/mol. The number of nitrogens with zero attached hydrogens (tertiary/aromatic N) is 2. The summed E-state index contributed by atoms with van der Waals surface area (Å²) in [6, 6.07) is 3.02. The summed E-state index contributed by atoms with van der Waals surface area (Å²) in [5.41, 5.74) is 0.142. The van der Waals surface area contributed by atoms with E-state index in [1.54, 1.807) is 6.07 Å². The molecule has 2 aromatic rings. The zero-order valence-corrected chi connectivity index (χ0v) is 5.48. The van der Waals surface area contributed by atoms with Crippen LogP contribution in [0.5, 0.6) is 5.75 Å². The van der Waals surface area contributed by atoms with E-state index in [0.29, 0.717) is 5.65 Å². The van der Waals surface area contributed by atoms with Crippen LogP contribution in [0, 0.1) is 0 Å². The molecule has 2 rings (SSSR count). The number of aromatic nitrogens is 3. The van der Waals surface area contributed by atoms with Crippen molar-refractivity contribution in [1.82, 2.24) is 14.6 Å². The summed E-state index contributed by atoms with van der Waals surface area (Å²) < 4.78 is 1.23. The van der Waals surface area contributed by atoms with Crippen molar-refractivity contribution in [3.8, 4) is 5.75 Å². The van der Waals surface area contributed by atoms with Crippen LogP contribution < -0.4 is 5.69 Å². The van der Waals surface area contributed by atoms with Crippen LogP contribution in [0.15, 0.2) is 23.1 Å². The van der Waals surface area contributed by atoms with E-state index in [1.165, 1.54) is 16.7 Å². The molecule has 0 radical (unpaired) electrons. The Balaban J connectivity index is 2.99. The lowest BCUT2D eigenvalue weighted by Crippen LogP contribution is -2.08. The Morgan fingerprint density at radius 3 is 3.18 bits per heavy atom. The van der Waals surface area contributed by atoms with Crippen LogP contribution in [0.25, 0.3) is 5.65 Å². The van der Waals surface area contributed by atoms with Gasteiger partial charge in [0, 0.05) is 0 Å². The Bertz CT molecular complexity index is 442. The van der Waals surface area contributed by atoms with Gasteiger partial charge in [0.05, 0.1) is 6.20 Å². The highest BCUT2D eigenvalue weighted by Gasteiger charge is 1.97. The standard InChI is InChI=1S/C6H5N3O2/c10-4-1-2-5-7-8-6(11)9(5)3-4/h1-3,10H,(H,8,11). The SMILES string of the molecule is O=c1[nH]nc2ccc(O)cn12. The molecule has 0 saturated carbocycles. The second-order valence-corrected chi connectivity index (χ2v) is 2.14. The van der Waals surface area contributed by atoms with Crippen LogP contribution in [-0.2, 0) is 0 Å². The highest BCUT2D eigenvalue weighted by molar-refractivity contribution is 5.39. The Labute approximate surface area is 60.9 Å². The maximum Gasteiger partial charge on any atom is 0.347 e. The van der Waals surface area contributed by atoms with Crippen molar-refractivity contribution in [2.75, 3.05) is 0 Å². The normalized spacial score (nSPS) is 10.5. The van der Waals surface area contributed by atoms with Crippen molar-refractivity contribution in [2.45, 2.75) is 0 Å². The van der Waals surface area contributed by atoms with Gasteiger partial charge in [0.2, 0.25) is 0 Å². The largest absolute Gasteiger partial charge is 0.506 e. The van der Waals surface area contributed by atoms with E-state index in [0.717, 1.165) is 0 Å². The second-order valence-electron chi connectivity index (χ2n) is 2.14. The quantitative estimate of drug-likeness (QED) is 0.544. The highest BCUT2D eigenvalue weighted by Crippen LogP contribution is 2.06. The first-order valence-corrected chi connectivity index (χ1v) is 3.03. The first-order valence-electron chi connectivity index (χ1n) is 3.03. The van der Waals surface area contributed by atoms with Crippen molar-refractivity contribution in [3.05, 3.63) is 28.8 Å². The first-order chi connectivity index (χ1) is 5.27. The van der Waals surface area contributed by atoms with E-state index in [2.05, 4.69) is 10.2 Å². The van der Waals surface area contributed by atoms with Crippen LogP contribution in [-0.4, -0.2) is 19.7 Å². The molecule has 0 aliphatic heterocycles. The number of aromatic hydroxyl groups is 1. The van der Waals surface area contributed by atoms with Gasteiger partial charge < -0.3 is 5.11 Å². The monoisotopic (exact) mass is 151 g/mol. The van der Waals surface area contributed by atoms with Gasteiger partial charge in [-0.05, 0) is 12.1 Å². The topological polar surface area (TPSA) is 70.4 Å². The van der Waals surface area contributed by atoms with Gasteiger partial charge in [-0.3, -0.25) is 0 Å². The Hall–Kier alpha value is -1.78. The van der Waals surface area contributed by atoms with E-state index >= 15 is 0 Å². The maximum absolute atomic E-state index is 10.9. The van der Waals surface area contributed by atoms with E-state index in [1.807, 2.05) is 0 Å². The fraction of sp³-hybridized carbons (Fsp3) is 0. The third-order valence-corrected chi connectivity index (χ3v) is 1.40. The molecule has 56 valence electrons. The Kier molecular flexibility index (Phi) is 1.00. The van der Waals surface area contributed by atoms with E-state index in [-0.39, 0.29) is 11.4 Å². The van der Waals surface area contributed by atoms with E-state index in [9.17, 15) is 4.79 Å². The molecule has 5 heteroatoms. The zero-order valence-electron chi connectivity index (χ0n) is 5.48. The lowest BCUT2D eigenvalue weighted by atomic mass is 10.4. The molecule has 0 unspecified atom stereocenters. The molecule has 0 aliphatic rings. The Morgan fingerprint density at radius 2 is 2.36 bits per heavy atom. The van der Waals surface area contributed by atoms with Gasteiger partial charge in [-0.2, -0.15) is 5.10 Å². The summed E-state index contributed by atoms with van der Waals surface area (Å²) in [4.78, 5) is 10.9. The molecule has 0 fully saturated rings. The van der Waals surface area contributed by atoms with Crippen LogP contribution >= 0.6 is 0 Å². The molecule has 0 amide bonds. The van der Waals surface area contributed by atoms with Gasteiger partial charge in [0.15, 0.2) is 5.65 Å². The van der Waals surface area contributed by atoms with E-state index < -0.39 is 0 Å². The number of pyridine rings is 1.